The summed E-state index contributed by atoms with van der Waals surface area (Å²) in [6.45, 7) is 6.25. The Morgan fingerprint density at radius 2 is 1.67 bits per heavy atom. The van der Waals surface area contributed by atoms with Crippen LogP contribution in [0.15, 0.2) is 6.07 Å². The van der Waals surface area contributed by atoms with Crippen molar-refractivity contribution in [2.75, 3.05) is 0 Å². The maximum Gasteiger partial charge on any atom is 0.160 e. The lowest BCUT2D eigenvalue weighted by Gasteiger charge is -2.15. The predicted octanol–water partition coefficient (Wildman–Crippen LogP) is 4.48. The minimum Gasteiger partial charge on any atom is -0.504 e. The van der Waals surface area contributed by atoms with Gasteiger partial charge in [0.05, 0.1) is 0 Å². The van der Waals surface area contributed by atoms with Gasteiger partial charge in [-0.05, 0) is 48.9 Å². The van der Waals surface area contributed by atoms with Crippen LogP contribution in [0, 0.1) is 6.92 Å². The quantitative estimate of drug-likeness (QED) is 0.553. The first-order valence-corrected chi connectivity index (χ1v) is 7.15. The van der Waals surface area contributed by atoms with E-state index in [9.17, 15) is 10.2 Å². The molecule has 0 amide bonds. The Labute approximate surface area is 111 Å². The molecule has 2 nitrogen and oxygen atoms in total. The molecular weight excluding hydrogens is 224 g/mol. The minimum absolute atomic E-state index is 0.0215. The monoisotopic (exact) mass is 250 g/mol. The van der Waals surface area contributed by atoms with Gasteiger partial charge in [0.2, 0.25) is 0 Å². The van der Waals surface area contributed by atoms with Gasteiger partial charge in [-0.15, -0.1) is 0 Å². The SMILES string of the molecule is CCCCCCc1c(CCC)cc(O)c(O)c1C. The van der Waals surface area contributed by atoms with Gasteiger partial charge < -0.3 is 10.2 Å². The van der Waals surface area contributed by atoms with Crippen molar-refractivity contribution in [2.45, 2.75) is 65.7 Å². The summed E-state index contributed by atoms with van der Waals surface area (Å²) in [5.41, 5.74) is 3.29. The molecule has 18 heavy (non-hydrogen) atoms. The topological polar surface area (TPSA) is 40.5 Å². The first kappa shape index (κ1) is 14.9. The molecule has 0 spiro atoms. The second kappa shape index (κ2) is 7.30. The second-order valence-electron chi connectivity index (χ2n) is 5.07. The molecule has 0 heterocycles. The average molecular weight is 250 g/mol. The molecule has 0 aliphatic carbocycles. The van der Waals surface area contributed by atoms with E-state index in [2.05, 4.69) is 13.8 Å². The van der Waals surface area contributed by atoms with Crippen LogP contribution in [0.3, 0.4) is 0 Å². The van der Waals surface area contributed by atoms with Crippen molar-refractivity contribution in [3.63, 3.8) is 0 Å². The lowest BCUT2D eigenvalue weighted by Crippen LogP contribution is -1.99. The lowest BCUT2D eigenvalue weighted by atomic mass is 9.93. The summed E-state index contributed by atoms with van der Waals surface area (Å²) in [5.74, 6) is 0.0774. The van der Waals surface area contributed by atoms with Crippen LogP contribution in [0.2, 0.25) is 0 Å². The predicted molar refractivity (Wildman–Crippen MR) is 76.3 cm³/mol. The molecule has 0 aliphatic rings. The van der Waals surface area contributed by atoms with Gasteiger partial charge in [-0.3, -0.25) is 0 Å². The van der Waals surface area contributed by atoms with Crippen LogP contribution < -0.4 is 0 Å². The fourth-order valence-electron chi connectivity index (χ4n) is 2.47. The maximum atomic E-state index is 9.83. The van der Waals surface area contributed by atoms with E-state index in [-0.39, 0.29) is 11.5 Å². The average Bonchev–Trinajstić information content (AvgIpc) is 2.35. The summed E-state index contributed by atoms with van der Waals surface area (Å²) in [7, 11) is 0. The van der Waals surface area contributed by atoms with E-state index in [0.717, 1.165) is 31.2 Å². The molecule has 0 aromatic heterocycles. The van der Waals surface area contributed by atoms with Crippen LogP contribution in [0.5, 0.6) is 11.5 Å². The molecule has 0 saturated heterocycles. The molecule has 0 atom stereocenters. The molecule has 2 heteroatoms. The summed E-state index contributed by atoms with van der Waals surface area (Å²) >= 11 is 0. The van der Waals surface area contributed by atoms with Crippen LogP contribution in [0.1, 0.15) is 62.6 Å². The molecule has 0 saturated carbocycles. The minimum atomic E-state index is 0.0215. The van der Waals surface area contributed by atoms with Gasteiger partial charge in [-0.1, -0.05) is 39.5 Å². The van der Waals surface area contributed by atoms with Crippen LogP contribution >= 0.6 is 0 Å². The number of phenols is 2. The highest BCUT2D eigenvalue weighted by molar-refractivity contribution is 5.52. The van der Waals surface area contributed by atoms with E-state index in [4.69, 9.17) is 0 Å². The second-order valence-corrected chi connectivity index (χ2v) is 5.07. The summed E-state index contributed by atoms with van der Waals surface area (Å²) in [4.78, 5) is 0. The van der Waals surface area contributed by atoms with Crippen molar-refractivity contribution < 1.29 is 10.2 Å². The number of hydrogen-bond acceptors (Lipinski definition) is 2. The number of aryl methyl sites for hydroxylation is 1. The molecule has 1 aromatic rings. The number of unbranched alkanes of at least 4 members (excludes halogenated alkanes) is 3. The zero-order valence-electron chi connectivity index (χ0n) is 11.9. The Kier molecular flexibility index (Phi) is 6.03. The molecule has 1 rings (SSSR count). The van der Waals surface area contributed by atoms with Gasteiger partial charge in [0.1, 0.15) is 0 Å². The zero-order valence-corrected chi connectivity index (χ0v) is 11.9. The first-order chi connectivity index (χ1) is 8.61. The molecule has 0 fully saturated rings. The number of benzene rings is 1. The van der Waals surface area contributed by atoms with Crippen molar-refractivity contribution in [3.05, 3.63) is 22.8 Å². The first-order valence-electron chi connectivity index (χ1n) is 7.15. The third-order valence-corrected chi connectivity index (χ3v) is 3.55. The van der Waals surface area contributed by atoms with E-state index in [1.165, 1.54) is 30.4 Å². The van der Waals surface area contributed by atoms with Gasteiger partial charge in [-0.2, -0.15) is 0 Å². The summed E-state index contributed by atoms with van der Waals surface area (Å²) in [5, 5.41) is 19.5. The van der Waals surface area contributed by atoms with Crippen LogP contribution in [0.4, 0.5) is 0 Å². The molecule has 0 bridgehead atoms. The Balaban J connectivity index is 2.88. The number of aromatic hydroxyl groups is 2. The van der Waals surface area contributed by atoms with Crippen molar-refractivity contribution in [3.8, 4) is 11.5 Å². The normalized spacial score (nSPS) is 10.8. The fraction of sp³-hybridized carbons (Fsp3) is 0.625. The lowest BCUT2D eigenvalue weighted by molar-refractivity contribution is 0.399. The number of hydrogen-bond donors (Lipinski definition) is 2. The fourth-order valence-corrected chi connectivity index (χ4v) is 2.47. The smallest absolute Gasteiger partial charge is 0.160 e. The summed E-state index contributed by atoms with van der Waals surface area (Å²) in [6.07, 6.45) is 7.95. The van der Waals surface area contributed by atoms with E-state index in [1.807, 2.05) is 6.92 Å². The van der Waals surface area contributed by atoms with E-state index >= 15 is 0 Å². The molecule has 1 aromatic carbocycles. The highest BCUT2D eigenvalue weighted by atomic mass is 16.3. The Morgan fingerprint density at radius 3 is 2.28 bits per heavy atom. The van der Waals surface area contributed by atoms with Crippen molar-refractivity contribution in [2.24, 2.45) is 0 Å². The Bertz CT molecular complexity index is 383. The van der Waals surface area contributed by atoms with Crippen molar-refractivity contribution in [1.82, 2.24) is 0 Å². The van der Waals surface area contributed by atoms with Crippen LogP contribution in [-0.2, 0) is 12.8 Å². The third-order valence-electron chi connectivity index (χ3n) is 3.55. The molecule has 0 unspecified atom stereocenters. The van der Waals surface area contributed by atoms with Crippen molar-refractivity contribution >= 4 is 0 Å². The largest absolute Gasteiger partial charge is 0.504 e. The standard InChI is InChI=1S/C16H26O2/c1-4-6-7-8-10-14-12(3)16(18)15(17)11-13(14)9-5-2/h11,17-18H,4-10H2,1-3H3. The highest BCUT2D eigenvalue weighted by Crippen LogP contribution is 2.34. The van der Waals surface area contributed by atoms with Gasteiger partial charge in [0.15, 0.2) is 11.5 Å². The van der Waals surface area contributed by atoms with Gasteiger partial charge in [0, 0.05) is 0 Å². The summed E-state index contributed by atoms with van der Waals surface area (Å²) in [6, 6.07) is 1.74. The maximum absolute atomic E-state index is 9.83. The zero-order chi connectivity index (χ0) is 13.5. The van der Waals surface area contributed by atoms with E-state index in [0.29, 0.717) is 0 Å². The van der Waals surface area contributed by atoms with Crippen LogP contribution in [0.25, 0.3) is 0 Å². The Morgan fingerprint density at radius 1 is 0.944 bits per heavy atom. The highest BCUT2D eigenvalue weighted by Gasteiger charge is 2.13. The van der Waals surface area contributed by atoms with Crippen LogP contribution in [-0.4, -0.2) is 10.2 Å². The Hall–Kier alpha value is -1.18. The van der Waals surface area contributed by atoms with Gasteiger partial charge >= 0.3 is 0 Å². The molecular formula is C16H26O2. The number of rotatable bonds is 7. The summed E-state index contributed by atoms with van der Waals surface area (Å²) < 4.78 is 0. The molecule has 0 aliphatic heterocycles. The molecule has 0 radical (unpaired) electrons. The van der Waals surface area contributed by atoms with E-state index in [1.54, 1.807) is 6.07 Å². The molecule has 2 N–H and O–H groups in total. The third kappa shape index (κ3) is 3.66. The number of phenolic OH excluding ortho intramolecular Hbond substituents is 2. The van der Waals surface area contributed by atoms with Gasteiger partial charge in [-0.25, -0.2) is 0 Å². The van der Waals surface area contributed by atoms with Crippen molar-refractivity contribution in [1.29, 1.82) is 0 Å². The van der Waals surface area contributed by atoms with E-state index < -0.39 is 0 Å². The molecule has 102 valence electrons. The van der Waals surface area contributed by atoms with Gasteiger partial charge in [0.25, 0.3) is 0 Å².